The number of methoxy groups -OCH3 is 1. The van der Waals surface area contributed by atoms with E-state index >= 15 is 0 Å². The molecule has 5 heterocycles. The van der Waals surface area contributed by atoms with Crippen LogP contribution in [0.1, 0.15) is 30.6 Å². The summed E-state index contributed by atoms with van der Waals surface area (Å²) in [5.74, 6) is 0.840. The number of hydrogen-bond donors (Lipinski definition) is 0. The van der Waals surface area contributed by atoms with Gasteiger partial charge in [-0.1, -0.05) is 0 Å². The molecule has 2 aliphatic heterocycles. The molecular formula is C21H23FN6OS. The van der Waals surface area contributed by atoms with Gasteiger partial charge in [-0.25, -0.2) is 19.9 Å². The van der Waals surface area contributed by atoms with Crippen LogP contribution >= 0.6 is 11.3 Å². The molecule has 156 valence electrons. The maximum Gasteiger partial charge on any atom is 0.216 e. The molecule has 7 nitrogen and oxygen atoms in total. The topological polar surface area (TPSA) is 67.3 Å². The van der Waals surface area contributed by atoms with Crippen molar-refractivity contribution in [2.24, 2.45) is 0 Å². The number of halogens is 1. The van der Waals surface area contributed by atoms with Crippen molar-refractivity contribution in [2.45, 2.75) is 31.9 Å². The molecule has 0 aromatic carbocycles. The number of hydrogen-bond acceptors (Lipinski definition) is 8. The fraction of sp³-hybridized carbons (Fsp3) is 0.429. The van der Waals surface area contributed by atoms with Crippen molar-refractivity contribution < 1.29 is 9.13 Å². The quantitative estimate of drug-likeness (QED) is 0.592. The van der Waals surface area contributed by atoms with E-state index in [2.05, 4.69) is 31.7 Å². The van der Waals surface area contributed by atoms with Gasteiger partial charge in [-0.3, -0.25) is 0 Å². The molecule has 0 bridgehead atoms. The highest BCUT2D eigenvalue weighted by atomic mass is 32.1. The van der Waals surface area contributed by atoms with Crippen molar-refractivity contribution in [1.82, 2.24) is 19.9 Å². The van der Waals surface area contributed by atoms with Gasteiger partial charge in [0.15, 0.2) is 5.82 Å². The van der Waals surface area contributed by atoms with Crippen LogP contribution in [0.3, 0.4) is 0 Å². The van der Waals surface area contributed by atoms with Crippen LogP contribution in [0.2, 0.25) is 0 Å². The smallest absolute Gasteiger partial charge is 0.216 e. The fourth-order valence-electron chi connectivity index (χ4n) is 4.28. The van der Waals surface area contributed by atoms with Gasteiger partial charge in [0.1, 0.15) is 11.5 Å². The van der Waals surface area contributed by atoms with Crippen LogP contribution in [0, 0.1) is 5.95 Å². The Morgan fingerprint density at radius 1 is 1.20 bits per heavy atom. The van der Waals surface area contributed by atoms with E-state index in [1.54, 1.807) is 12.6 Å². The Kier molecular flexibility index (Phi) is 5.08. The molecular weight excluding hydrogens is 403 g/mol. The highest BCUT2D eigenvalue weighted by Gasteiger charge is 2.29. The number of aromatic nitrogens is 4. The molecule has 5 rings (SSSR count). The Bertz CT molecular complexity index is 1050. The summed E-state index contributed by atoms with van der Waals surface area (Å²) in [7, 11) is 1.72. The van der Waals surface area contributed by atoms with Crippen molar-refractivity contribution in [1.29, 1.82) is 0 Å². The first kappa shape index (κ1) is 19.3. The van der Waals surface area contributed by atoms with E-state index < -0.39 is 5.95 Å². The van der Waals surface area contributed by atoms with Crippen LogP contribution in [0.15, 0.2) is 29.2 Å². The molecule has 0 amide bonds. The second-order valence-corrected chi connectivity index (χ2v) is 8.41. The molecule has 9 heteroatoms. The van der Waals surface area contributed by atoms with Crippen LogP contribution in [0.4, 0.5) is 15.9 Å². The molecule has 0 spiro atoms. The molecule has 3 aromatic heterocycles. The third-order valence-corrected chi connectivity index (χ3v) is 6.56. The molecule has 0 N–H and O–H groups in total. The van der Waals surface area contributed by atoms with Crippen molar-refractivity contribution >= 4 is 22.8 Å². The predicted molar refractivity (Wildman–Crippen MR) is 114 cm³/mol. The molecule has 3 aromatic rings. The number of nitrogens with zero attached hydrogens (tertiary/aromatic N) is 6. The summed E-state index contributed by atoms with van der Waals surface area (Å²) in [4.78, 5) is 22.1. The van der Waals surface area contributed by atoms with Crippen molar-refractivity contribution in [2.75, 3.05) is 36.5 Å². The lowest BCUT2D eigenvalue weighted by molar-refractivity contribution is 0.121. The van der Waals surface area contributed by atoms with Gasteiger partial charge in [-0.15, -0.1) is 11.3 Å². The van der Waals surface area contributed by atoms with Gasteiger partial charge in [0.25, 0.3) is 0 Å². The highest BCUT2D eigenvalue weighted by Crippen LogP contribution is 2.34. The van der Waals surface area contributed by atoms with Gasteiger partial charge in [-0.05, 0) is 13.3 Å². The Hall–Kier alpha value is -2.65. The van der Waals surface area contributed by atoms with Crippen molar-refractivity contribution in [3.8, 4) is 11.5 Å². The average molecular weight is 427 g/mol. The number of fused-ring (bicyclic) bond motifs is 1. The number of anilines is 2. The lowest BCUT2D eigenvalue weighted by Crippen LogP contribution is -2.35. The Labute approximate surface area is 178 Å². The monoisotopic (exact) mass is 426 g/mol. The average Bonchev–Trinajstić information content (AvgIpc) is 3.45. The molecule has 0 aliphatic carbocycles. The third kappa shape index (κ3) is 3.52. The summed E-state index contributed by atoms with van der Waals surface area (Å²) in [5, 5.41) is 1.95. The van der Waals surface area contributed by atoms with Crippen LogP contribution in [0.25, 0.3) is 11.5 Å². The van der Waals surface area contributed by atoms with Crippen LogP contribution in [0.5, 0.6) is 0 Å². The van der Waals surface area contributed by atoms with E-state index in [1.807, 2.05) is 17.6 Å². The maximum atomic E-state index is 14.4. The first-order valence-corrected chi connectivity index (χ1v) is 11.0. The number of ether oxygens (including phenoxy) is 1. The first-order valence-electron chi connectivity index (χ1n) is 10.1. The van der Waals surface area contributed by atoms with Crippen LogP contribution < -0.4 is 9.80 Å². The summed E-state index contributed by atoms with van der Waals surface area (Å²) in [6.45, 7) is 4.43. The molecule has 1 saturated heterocycles. The minimum atomic E-state index is -0.462. The standard InChI is InChI=1S/C21H23FN6OS/c1-13-16-9-23-21(18-11-30-12-24-18)25-17(16)4-6-28(13)20-8-14(7-19(22)26-20)27-5-3-15(10-27)29-2/h7-9,11-13,15H,3-6,10H2,1-2H3/t13?,15-/m0/s1. The van der Waals surface area contributed by atoms with E-state index in [1.165, 1.54) is 17.4 Å². The maximum absolute atomic E-state index is 14.4. The van der Waals surface area contributed by atoms with Gasteiger partial charge >= 0.3 is 0 Å². The lowest BCUT2D eigenvalue weighted by atomic mass is 9.99. The van der Waals surface area contributed by atoms with E-state index in [-0.39, 0.29) is 12.1 Å². The third-order valence-electron chi connectivity index (χ3n) is 5.97. The normalized spacial score (nSPS) is 21.2. The van der Waals surface area contributed by atoms with E-state index in [9.17, 15) is 4.39 Å². The fourth-order valence-corrected chi connectivity index (χ4v) is 4.81. The van der Waals surface area contributed by atoms with E-state index in [0.29, 0.717) is 11.6 Å². The minimum absolute atomic E-state index is 0.00526. The lowest BCUT2D eigenvalue weighted by Gasteiger charge is -2.36. The summed E-state index contributed by atoms with van der Waals surface area (Å²) < 4.78 is 19.9. The largest absolute Gasteiger partial charge is 0.380 e. The van der Waals surface area contributed by atoms with Gasteiger partial charge < -0.3 is 14.5 Å². The zero-order valence-electron chi connectivity index (χ0n) is 17.0. The van der Waals surface area contributed by atoms with Gasteiger partial charge in [-0.2, -0.15) is 4.39 Å². The zero-order chi connectivity index (χ0) is 20.7. The molecule has 30 heavy (non-hydrogen) atoms. The number of pyridine rings is 1. The van der Waals surface area contributed by atoms with Crippen LogP contribution in [-0.4, -0.2) is 52.8 Å². The Balaban J connectivity index is 1.42. The summed E-state index contributed by atoms with van der Waals surface area (Å²) in [5.41, 5.74) is 5.51. The summed E-state index contributed by atoms with van der Waals surface area (Å²) in [6, 6.07) is 3.49. The molecule has 1 fully saturated rings. The van der Waals surface area contributed by atoms with E-state index in [0.717, 1.165) is 55.1 Å². The van der Waals surface area contributed by atoms with Crippen molar-refractivity contribution in [3.05, 3.63) is 46.4 Å². The second-order valence-electron chi connectivity index (χ2n) is 7.69. The molecule has 2 atom stereocenters. The molecule has 2 aliphatic rings. The minimum Gasteiger partial charge on any atom is -0.380 e. The van der Waals surface area contributed by atoms with E-state index in [4.69, 9.17) is 9.72 Å². The molecule has 0 radical (unpaired) electrons. The second kappa shape index (κ2) is 7.88. The summed E-state index contributed by atoms with van der Waals surface area (Å²) in [6.07, 6.45) is 3.76. The predicted octanol–water partition coefficient (Wildman–Crippen LogP) is 3.48. The zero-order valence-corrected chi connectivity index (χ0v) is 17.8. The van der Waals surface area contributed by atoms with Gasteiger partial charge in [0.2, 0.25) is 5.95 Å². The molecule has 0 saturated carbocycles. The number of rotatable bonds is 4. The SMILES string of the molecule is CO[C@H]1CCN(c2cc(F)nc(N3CCc4nc(-c5cscn5)ncc4C3C)c2)C1. The first-order chi connectivity index (χ1) is 14.6. The Morgan fingerprint density at radius 3 is 2.87 bits per heavy atom. The van der Waals surface area contributed by atoms with Crippen molar-refractivity contribution in [3.63, 3.8) is 0 Å². The summed E-state index contributed by atoms with van der Waals surface area (Å²) >= 11 is 1.53. The van der Waals surface area contributed by atoms with Gasteiger partial charge in [0, 0.05) is 68.1 Å². The van der Waals surface area contributed by atoms with Gasteiger partial charge in [0.05, 0.1) is 23.4 Å². The Morgan fingerprint density at radius 2 is 2.10 bits per heavy atom. The highest BCUT2D eigenvalue weighted by molar-refractivity contribution is 7.07. The number of thiazole rings is 1. The van der Waals surface area contributed by atoms with Crippen LogP contribution in [-0.2, 0) is 11.2 Å². The molecule has 1 unspecified atom stereocenters.